The highest BCUT2D eigenvalue weighted by molar-refractivity contribution is 7.90. The number of benzene rings is 1. The zero-order chi connectivity index (χ0) is 16.6. The van der Waals surface area contributed by atoms with Crippen LogP contribution in [-0.4, -0.2) is 25.4 Å². The van der Waals surface area contributed by atoms with Crippen molar-refractivity contribution in [3.05, 3.63) is 59.4 Å². The average molecular weight is 327 g/mol. The minimum Gasteiger partial charge on any atom is -0.294 e. The molecule has 0 radical (unpaired) electrons. The average Bonchev–Trinajstić information content (AvgIpc) is 2.89. The van der Waals surface area contributed by atoms with Gasteiger partial charge in [-0.3, -0.25) is 9.78 Å². The second-order valence-electron chi connectivity index (χ2n) is 5.76. The molecule has 0 unspecified atom stereocenters. The zero-order valence-corrected chi connectivity index (χ0v) is 13.9. The Hall–Kier alpha value is -2.27. The van der Waals surface area contributed by atoms with E-state index in [0.29, 0.717) is 18.4 Å². The Labute approximate surface area is 135 Å². The Kier molecular flexibility index (Phi) is 3.90. The van der Waals surface area contributed by atoms with Gasteiger partial charge < -0.3 is 0 Å². The van der Waals surface area contributed by atoms with Crippen LogP contribution in [0.5, 0.6) is 0 Å². The first-order valence-corrected chi connectivity index (χ1v) is 9.25. The molecule has 2 aromatic rings. The van der Waals surface area contributed by atoms with Gasteiger partial charge >= 0.3 is 0 Å². The summed E-state index contributed by atoms with van der Waals surface area (Å²) < 4.78 is 23.1. The molecule has 0 saturated carbocycles. The number of hydrogen-bond donors (Lipinski definition) is 0. The van der Waals surface area contributed by atoms with Gasteiger partial charge in [-0.15, -0.1) is 0 Å². The van der Waals surface area contributed by atoms with Gasteiger partial charge in [-0.1, -0.05) is 18.2 Å². The lowest BCUT2D eigenvalue weighted by Gasteiger charge is -2.08. The molecule has 4 nitrogen and oxygen atoms in total. The fourth-order valence-corrected chi connectivity index (χ4v) is 3.43. The molecule has 1 aliphatic carbocycles. The first-order valence-electron chi connectivity index (χ1n) is 7.36. The molecule has 23 heavy (non-hydrogen) atoms. The quantitative estimate of drug-likeness (QED) is 0.869. The van der Waals surface area contributed by atoms with Crippen LogP contribution in [0.4, 0.5) is 0 Å². The number of sulfone groups is 1. The number of nitrogens with zero attached hydrogens (tertiary/aromatic N) is 1. The molecule has 1 aromatic carbocycles. The highest BCUT2D eigenvalue weighted by Crippen LogP contribution is 2.37. The van der Waals surface area contributed by atoms with Gasteiger partial charge in [0.15, 0.2) is 15.6 Å². The summed E-state index contributed by atoms with van der Waals surface area (Å²) >= 11 is 0. The van der Waals surface area contributed by atoms with Crippen molar-refractivity contribution in [3.63, 3.8) is 0 Å². The number of hydrogen-bond acceptors (Lipinski definition) is 4. The molecule has 0 atom stereocenters. The van der Waals surface area contributed by atoms with Crippen LogP contribution in [0.1, 0.15) is 29.7 Å². The zero-order valence-electron chi connectivity index (χ0n) is 13.0. The number of aromatic nitrogens is 1. The largest absolute Gasteiger partial charge is 0.294 e. The Bertz CT molecular complexity index is 892. The van der Waals surface area contributed by atoms with Crippen molar-refractivity contribution in [2.24, 2.45) is 0 Å². The normalized spacial score (nSPS) is 15.3. The van der Waals surface area contributed by atoms with E-state index in [2.05, 4.69) is 4.98 Å². The number of carbonyl (C=O) groups is 1. The van der Waals surface area contributed by atoms with Crippen LogP contribution >= 0.6 is 0 Å². The smallest absolute Gasteiger partial charge is 0.175 e. The van der Waals surface area contributed by atoms with Gasteiger partial charge in [0.2, 0.25) is 0 Å². The maximum absolute atomic E-state index is 12.3. The standard InChI is InChI=1S/C18H17NO3S/c1-12-3-4-14(11-19-12)18-16(9-10-17(18)20)13-5-7-15(8-6-13)23(2,21)22/h3-8,11H,9-10H2,1-2H3. The van der Waals surface area contributed by atoms with Crippen LogP contribution in [0.3, 0.4) is 0 Å². The Morgan fingerprint density at radius 3 is 2.17 bits per heavy atom. The van der Waals surface area contributed by atoms with Crippen molar-refractivity contribution >= 4 is 26.8 Å². The lowest BCUT2D eigenvalue weighted by atomic mass is 9.98. The molecule has 0 bridgehead atoms. The SMILES string of the molecule is Cc1ccc(C2=C(c3ccc(S(C)(=O)=O)cc3)CCC2=O)cn1. The Balaban J connectivity index is 2.08. The summed E-state index contributed by atoms with van der Waals surface area (Å²) in [4.78, 5) is 16.8. The number of carbonyl (C=O) groups excluding carboxylic acids is 1. The first kappa shape index (κ1) is 15.6. The third-order valence-electron chi connectivity index (χ3n) is 4.01. The van der Waals surface area contributed by atoms with Crippen LogP contribution in [0.25, 0.3) is 11.1 Å². The van der Waals surface area contributed by atoms with E-state index >= 15 is 0 Å². The summed E-state index contributed by atoms with van der Waals surface area (Å²) in [5.74, 6) is 0.109. The second kappa shape index (κ2) is 5.74. The molecular formula is C18H17NO3S. The molecule has 118 valence electrons. The summed E-state index contributed by atoms with van der Waals surface area (Å²) in [7, 11) is -3.22. The molecule has 3 rings (SSSR count). The van der Waals surface area contributed by atoms with Gasteiger partial charge in [0, 0.05) is 35.7 Å². The maximum atomic E-state index is 12.3. The highest BCUT2D eigenvalue weighted by atomic mass is 32.2. The van der Waals surface area contributed by atoms with E-state index in [4.69, 9.17) is 0 Å². The van der Waals surface area contributed by atoms with Crippen LogP contribution in [-0.2, 0) is 14.6 Å². The molecule has 0 N–H and O–H groups in total. The summed E-state index contributed by atoms with van der Waals surface area (Å²) in [5, 5.41) is 0. The van der Waals surface area contributed by atoms with E-state index in [1.54, 1.807) is 30.5 Å². The lowest BCUT2D eigenvalue weighted by molar-refractivity contribution is -0.113. The van der Waals surface area contributed by atoms with E-state index in [1.165, 1.54) is 6.26 Å². The molecular weight excluding hydrogens is 310 g/mol. The minimum atomic E-state index is -3.22. The number of allylic oxidation sites excluding steroid dienone is 2. The molecule has 5 heteroatoms. The van der Waals surface area contributed by atoms with E-state index in [-0.39, 0.29) is 10.7 Å². The summed E-state index contributed by atoms with van der Waals surface area (Å²) in [6, 6.07) is 10.5. The molecule has 1 heterocycles. The van der Waals surface area contributed by atoms with Gasteiger partial charge in [-0.2, -0.15) is 0 Å². The third-order valence-corrected chi connectivity index (χ3v) is 5.14. The Morgan fingerprint density at radius 2 is 1.61 bits per heavy atom. The number of aryl methyl sites for hydroxylation is 1. The summed E-state index contributed by atoms with van der Waals surface area (Å²) in [6.45, 7) is 1.90. The van der Waals surface area contributed by atoms with Crippen molar-refractivity contribution in [3.8, 4) is 0 Å². The number of Topliss-reactive ketones (excluding diaryl/α,β-unsaturated/α-hetero) is 1. The van der Waals surface area contributed by atoms with E-state index in [9.17, 15) is 13.2 Å². The van der Waals surface area contributed by atoms with Crippen molar-refractivity contribution in [2.75, 3.05) is 6.26 Å². The first-order chi connectivity index (χ1) is 10.9. The molecule has 0 saturated heterocycles. The predicted octanol–water partition coefficient (Wildman–Crippen LogP) is 3.07. The van der Waals surface area contributed by atoms with Crippen LogP contribution < -0.4 is 0 Å². The van der Waals surface area contributed by atoms with Crippen molar-refractivity contribution in [1.29, 1.82) is 0 Å². The van der Waals surface area contributed by atoms with Crippen molar-refractivity contribution < 1.29 is 13.2 Å². The fraction of sp³-hybridized carbons (Fsp3) is 0.222. The number of pyridine rings is 1. The van der Waals surface area contributed by atoms with Crippen molar-refractivity contribution in [1.82, 2.24) is 4.98 Å². The van der Waals surface area contributed by atoms with E-state index in [0.717, 1.165) is 22.4 Å². The van der Waals surface area contributed by atoms with Gasteiger partial charge in [0.05, 0.1) is 4.90 Å². The molecule has 1 aliphatic rings. The summed E-state index contributed by atoms with van der Waals surface area (Å²) in [6.07, 6.45) is 4.05. The monoisotopic (exact) mass is 327 g/mol. The molecule has 1 aromatic heterocycles. The highest BCUT2D eigenvalue weighted by Gasteiger charge is 2.25. The van der Waals surface area contributed by atoms with Gasteiger partial charge in [0.25, 0.3) is 0 Å². The number of ketones is 1. The number of rotatable bonds is 3. The van der Waals surface area contributed by atoms with Crippen molar-refractivity contribution in [2.45, 2.75) is 24.7 Å². The van der Waals surface area contributed by atoms with E-state index < -0.39 is 9.84 Å². The lowest BCUT2D eigenvalue weighted by Crippen LogP contribution is -1.98. The van der Waals surface area contributed by atoms with Crippen LogP contribution in [0, 0.1) is 6.92 Å². The van der Waals surface area contributed by atoms with Gasteiger partial charge in [-0.05, 0) is 42.7 Å². The molecule has 0 amide bonds. The predicted molar refractivity (Wildman–Crippen MR) is 89.6 cm³/mol. The van der Waals surface area contributed by atoms with Gasteiger partial charge in [0.1, 0.15) is 0 Å². The Morgan fingerprint density at radius 1 is 0.957 bits per heavy atom. The fourth-order valence-electron chi connectivity index (χ4n) is 2.80. The summed E-state index contributed by atoms with van der Waals surface area (Å²) in [5.41, 5.74) is 4.27. The van der Waals surface area contributed by atoms with Gasteiger partial charge in [-0.25, -0.2) is 8.42 Å². The molecule has 0 spiro atoms. The third kappa shape index (κ3) is 3.10. The topological polar surface area (TPSA) is 64.1 Å². The molecule has 0 fully saturated rings. The van der Waals surface area contributed by atoms with Crippen LogP contribution in [0.15, 0.2) is 47.5 Å². The van der Waals surface area contributed by atoms with Crippen LogP contribution in [0.2, 0.25) is 0 Å². The van der Waals surface area contributed by atoms with E-state index in [1.807, 2.05) is 19.1 Å². The second-order valence-corrected chi connectivity index (χ2v) is 7.78. The maximum Gasteiger partial charge on any atom is 0.175 e. The molecule has 0 aliphatic heterocycles. The minimum absolute atomic E-state index is 0.109.